The van der Waals surface area contributed by atoms with E-state index in [2.05, 4.69) is 37.8 Å². The number of nitrogens with two attached hydrogens (primary N) is 1. The van der Waals surface area contributed by atoms with Crippen molar-refractivity contribution in [3.05, 3.63) is 18.6 Å². The van der Waals surface area contributed by atoms with Crippen molar-refractivity contribution in [3.63, 3.8) is 0 Å². The van der Waals surface area contributed by atoms with E-state index in [0.717, 1.165) is 0 Å². The van der Waals surface area contributed by atoms with E-state index in [4.69, 9.17) is 49.8 Å². The summed E-state index contributed by atoms with van der Waals surface area (Å²) in [7, 11) is 0. The lowest BCUT2D eigenvalue weighted by Crippen LogP contribution is -2.70. The molecule has 0 radical (unpaired) electrons. The summed E-state index contributed by atoms with van der Waals surface area (Å²) in [4.78, 5) is 36.9. The summed E-state index contributed by atoms with van der Waals surface area (Å²) in [6, 6.07) is 0.549. The number of aromatic nitrogens is 2. The predicted octanol–water partition coefficient (Wildman–Crippen LogP) is 0.379. The number of hydrogen-bond acceptors (Lipinski definition) is 16. The van der Waals surface area contributed by atoms with Crippen molar-refractivity contribution in [3.8, 4) is 5.88 Å². The smallest absolute Gasteiger partial charge is 0.411 e. The number of aliphatic imine (C=N–C) groups is 1. The number of thiol groups is 1. The molecule has 12 atom stereocenters. The average Bonchev–Trinajstić information content (AvgIpc) is 3.64. The van der Waals surface area contributed by atoms with Crippen LogP contribution in [0.5, 0.6) is 5.88 Å². The zero-order valence-corrected chi connectivity index (χ0v) is 27.0. The number of nitrogens with one attached hydrogen (secondary N) is 2. The summed E-state index contributed by atoms with van der Waals surface area (Å²) in [5.74, 6) is -0.790. The molecule has 1 amide bonds. The topological polar surface area (TPSA) is 210 Å². The molecule has 1 saturated carbocycles. The zero-order valence-electron chi connectivity index (χ0n) is 23.5. The molecule has 1 aromatic rings. The maximum Gasteiger partial charge on any atom is 0.411 e. The van der Waals surface area contributed by atoms with Gasteiger partial charge in [-0.3, -0.25) is 25.4 Å². The van der Waals surface area contributed by atoms with Crippen LogP contribution in [0.15, 0.2) is 23.6 Å². The number of alkyl halides is 3. The van der Waals surface area contributed by atoms with Gasteiger partial charge in [0.25, 0.3) is 5.91 Å². The van der Waals surface area contributed by atoms with Crippen molar-refractivity contribution in [1.29, 1.82) is 0 Å². The third-order valence-corrected chi connectivity index (χ3v) is 10.9. The van der Waals surface area contributed by atoms with Gasteiger partial charge in [-0.05, 0) is 18.2 Å². The van der Waals surface area contributed by atoms with Gasteiger partial charge in [-0.2, -0.15) is 13.2 Å². The van der Waals surface area contributed by atoms with Crippen molar-refractivity contribution in [2.75, 3.05) is 19.8 Å². The summed E-state index contributed by atoms with van der Waals surface area (Å²) >= 11 is 9.37. The highest BCUT2D eigenvalue weighted by molar-refractivity contribution is 8.44. The summed E-state index contributed by atoms with van der Waals surface area (Å²) in [5.41, 5.74) is 5.87. The normalized spacial score (nSPS) is 43.2. The summed E-state index contributed by atoms with van der Waals surface area (Å²) < 4.78 is 93.7. The van der Waals surface area contributed by atoms with Crippen LogP contribution in [0.1, 0.15) is 12.8 Å². The average molecular weight is 736 g/mol. The number of nitrogens with zero attached hydrogens (tertiary/aromatic N) is 4. The molecule has 5 N–H and O–H groups in total. The molecule has 4 aliphatic heterocycles. The Morgan fingerprint density at radius 3 is 2.78 bits per heavy atom. The van der Waals surface area contributed by atoms with Gasteiger partial charge in [-0.15, -0.1) is 0 Å². The minimum atomic E-state index is -4.77. The van der Waals surface area contributed by atoms with Gasteiger partial charge in [0.1, 0.15) is 49.8 Å². The van der Waals surface area contributed by atoms with Crippen LogP contribution in [0.4, 0.5) is 13.2 Å². The van der Waals surface area contributed by atoms with Gasteiger partial charge < -0.3 is 42.9 Å². The van der Waals surface area contributed by atoms with Crippen LogP contribution in [0.3, 0.4) is 0 Å². The maximum absolute atomic E-state index is 13.7. The third kappa shape index (κ3) is 8.02. The number of hydrogen-bond donors (Lipinski definition) is 5. The molecular formula is C22H30F3N7O10P2S2. The van der Waals surface area contributed by atoms with E-state index in [1.807, 2.05) is 0 Å². The summed E-state index contributed by atoms with van der Waals surface area (Å²) in [6.07, 6.45) is -9.43. The van der Waals surface area contributed by atoms with E-state index < -0.39 is 100.0 Å². The molecule has 1 aliphatic carbocycles. The molecule has 0 aromatic carbocycles. The first kappa shape index (κ1) is 34.3. The SMILES string of the molecule is NC1NC(=O)C2N=CN([C@@H]3O[C@@H]4COP(O)(=S)O[C@H]5C[C@H](Oc6ccncn6)C[C@@H]5COP(=O)(S)O[C@@H]3[C@@H]4OCC(F)(F)F)C2N1. The Bertz CT molecular complexity index is 1410. The quantitative estimate of drug-likeness (QED) is 0.204. The van der Waals surface area contributed by atoms with Gasteiger partial charge in [0.15, 0.2) is 12.3 Å². The van der Waals surface area contributed by atoms with Gasteiger partial charge in [-0.25, -0.2) is 14.5 Å². The van der Waals surface area contributed by atoms with Crippen LogP contribution in [0, 0.1) is 5.92 Å². The van der Waals surface area contributed by atoms with E-state index >= 15 is 0 Å². The van der Waals surface area contributed by atoms with Crippen LogP contribution in [0.2, 0.25) is 0 Å². The second kappa shape index (κ2) is 13.4. The molecule has 0 spiro atoms. The monoisotopic (exact) mass is 735 g/mol. The van der Waals surface area contributed by atoms with E-state index in [-0.39, 0.29) is 19.4 Å². The molecule has 46 heavy (non-hydrogen) atoms. The fraction of sp³-hybridized carbons (Fsp3) is 0.727. The van der Waals surface area contributed by atoms with Crippen molar-refractivity contribution in [2.24, 2.45) is 16.6 Å². The second-order valence-corrected chi connectivity index (χ2v) is 16.6. The molecule has 5 aliphatic rings. The Balaban J connectivity index is 1.27. The highest BCUT2D eigenvalue weighted by Gasteiger charge is 2.56. The Morgan fingerprint density at radius 1 is 1.24 bits per heavy atom. The molecule has 4 fully saturated rings. The van der Waals surface area contributed by atoms with Gasteiger partial charge in [-0.1, -0.05) is 12.2 Å². The molecule has 256 valence electrons. The fourth-order valence-electron chi connectivity index (χ4n) is 5.83. The number of halogens is 3. The number of ether oxygens (including phenoxy) is 3. The van der Waals surface area contributed by atoms with E-state index in [9.17, 15) is 27.4 Å². The Hall–Kier alpha value is -1.52. The summed E-state index contributed by atoms with van der Waals surface area (Å²) in [5, 5.41) is 5.37. The van der Waals surface area contributed by atoms with Crippen molar-refractivity contribution in [1.82, 2.24) is 25.5 Å². The first-order chi connectivity index (χ1) is 21.7. The number of amides is 1. The highest BCUT2D eigenvalue weighted by Crippen LogP contribution is 2.58. The van der Waals surface area contributed by atoms with Gasteiger partial charge >= 0.3 is 19.7 Å². The molecular weight excluding hydrogens is 705 g/mol. The Kier molecular flexibility index (Phi) is 10.0. The summed E-state index contributed by atoms with van der Waals surface area (Å²) in [6.45, 7) is -11.1. The number of rotatable bonds is 5. The first-order valence-electron chi connectivity index (χ1n) is 13.9. The lowest BCUT2D eigenvalue weighted by molar-refractivity contribution is -0.196. The number of carbonyl (C=O) groups excluding carboxylic acids is 1. The van der Waals surface area contributed by atoms with Crippen LogP contribution < -0.4 is 21.1 Å². The highest BCUT2D eigenvalue weighted by atomic mass is 32.7. The largest absolute Gasteiger partial charge is 0.474 e. The molecule has 1 aromatic heterocycles. The Morgan fingerprint density at radius 2 is 2.04 bits per heavy atom. The second-order valence-electron chi connectivity index (χ2n) is 11.0. The lowest BCUT2D eigenvalue weighted by atomic mass is 10.1. The van der Waals surface area contributed by atoms with E-state index in [0.29, 0.717) is 5.88 Å². The van der Waals surface area contributed by atoms with E-state index in [1.54, 1.807) is 6.07 Å². The first-order valence-corrected chi connectivity index (χ1v) is 19.2. The fourth-order valence-corrected chi connectivity index (χ4v) is 8.84. The number of carbonyl (C=O) groups is 1. The molecule has 3 saturated heterocycles. The zero-order chi connectivity index (χ0) is 32.9. The minimum absolute atomic E-state index is 0.208. The van der Waals surface area contributed by atoms with Crippen LogP contribution in [-0.2, 0) is 48.7 Å². The van der Waals surface area contributed by atoms with Crippen LogP contribution >= 0.6 is 25.8 Å². The molecule has 17 nitrogen and oxygen atoms in total. The minimum Gasteiger partial charge on any atom is -0.474 e. The Labute approximate surface area is 269 Å². The van der Waals surface area contributed by atoms with Crippen LogP contribution in [0.25, 0.3) is 0 Å². The number of fused-ring (bicyclic) bond motifs is 4. The van der Waals surface area contributed by atoms with Gasteiger partial charge in [0, 0.05) is 24.6 Å². The van der Waals surface area contributed by atoms with Crippen molar-refractivity contribution < 1.29 is 59.7 Å². The molecule has 5 heterocycles. The van der Waals surface area contributed by atoms with Crippen molar-refractivity contribution in [2.45, 2.75) is 74.3 Å². The van der Waals surface area contributed by atoms with Crippen LogP contribution in [-0.4, -0.2) is 113 Å². The maximum atomic E-state index is 13.7. The molecule has 6 rings (SSSR count). The lowest BCUT2D eigenvalue weighted by Gasteiger charge is -2.39. The van der Waals surface area contributed by atoms with E-state index in [1.165, 1.54) is 23.8 Å². The predicted molar refractivity (Wildman–Crippen MR) is 156 cm³/mol. The molecule has 5 unspecified atom stereocenters. The third-order valence-electron chi connectivity index (χ3n) is 7.72. The van der Waals surface area contributed by atoms with Gasteiger partial charge in [0.05, 0.1) is 25.7 Å². The van der Waals surface area contributed by atoms with Gasteiger partial charge in [0.2, 0.25) is 5.88 Å². The van der Waals surface area contributed by atoms with Crippen molar-refractivity contribution >= 4 is 49.8 Å². The molecule has 2 bridgehead atoms. The standard InChI is InChI=1S/C22H30F3N7O10P2S2/c23-22(24,25)7-36-16-13-6-38-43(34,45)41-12-4-11(39-14-1-2-27-8-28-14)3-10(12)5-37-44(35,46)42-17(16)20(40-13)32-9-29-15-18(32)30-21(26)31-19(15)33/h1-2,8-13,15-18,20-21,30H,3-7,26H2,(H,31,33)(H,34,45)(H,35,46)/t10-,11-,12+,13-,15?,16-,17-,18?,20-,21?,43?,44?/m1/s1. The molecule has 24 heteroatoms.